The van der Waals surface area contributed by atoms with Crippen LogP contribution in [0.4, 0.5) is 0 Å². The van der Waals surface area contributed by atoms with Crippen LogP contribution in [0, 0.1) is 5.92 Å². The molecule has 3 rings (SSSR count). The zero-order valence-corrected chi connectivity index (χ0v) is 15.3. The maximum absolute atomic E-state index is 12.9. The van der Waals surface area contributed by atoms with Crippen LogP contribution in [0.2, 0.25) is 0 Å². The molecule has 5 nitrogen and oxygen atoms in total. The van der Waals surface area contributed by atoms with Gasteiger partial charge < -0.3 is 15.0 Å². The van der Waals surface area contributed by atoms with Crippen molar-refractivity contribution in [2.24, 2.45) is 5.92 Å². The first kappa shape index (κ1) is 17.5. The van der Waals surface area contributed by atoms with E-state index >= 15 is 0 Å². The number of thiophene rings is 1. The zero-order valence-electron chi connectivity index (χ0n) is 14.5. The molecule has 1 N–H and O–H groups in total. The Morgan fingerprint density at radius 3 is 2.48 bits per heavy atom. The number of nitrogens with one attached hydrogen (secondary N) is 1. The van der Waals surface area contributed by atoms with E-state index in [2.05, 4.69) is 5.32 Å². The van der Waals surface area contributed by atoms with Crippen molar-refractivity contribution < 1.29 is 14.3 Å². The van der Waals surface area contributed by atoms with Gasteiger partial charge in [0, 0.05) is 30.9 Å². The molecule has 6 heteroatoms. The molecule has 0 atom stereocenters. The van der Waals surface area contributed by atoms with Crippen LogP contribution in [0.15, 0.2) is 36.4 Å². The second-order valence-corrected chi connectivity index (χ2v) is 7.11. The Hall–Kier alpha value is -2.34. The molecule has 1 aromatic heterocycles. The van der Waals surface area contributed by atoms with Crippen LogP contribution in [-0.2, 0) is 4.79 Å². The van der Waals surface area contributed by atoms with Crippen LogP contribution in [0.3, 0.4) is 0 Å². The van der Waals surface area contributed by atoms with Crippen molar-refractivity contribution >= 4 is 23.2 Å². The van der Waals surface area contributed by atoms with Crippen molar-refractivity contribution in [1.82, 2.24) is 10.2 Å². The van der Waals surface area contributed by atoms with E-state index in [1.807, 2.05) is 41.3 Å². The molecule has 0 unspecified atom stereocenters. The van der Waals surface area contributed by atoms with E-state index in [0.29, 0.717) is 36.6 Å². The summed E-state index contributed by atoms with van der Waals surface area (Å²) in [6.45, 7) is 1.19. The zero-order chi connectivity index (χ0) is 17.8. The molecular weight excluding hydrogens is 336 g/mol. The van der Waals surface area contributed by atoms with Gasteiger partial charge in [0.15, 0.2) is 0 Å². The van der Waals surface area contributed by atoms with Gasteiger partial charge >= 0.3 is 0 Å². The summed E-state index contributed by atoms with van der Waals surface area (Å²) in [5.74, 6) is 0.660. The molecule has 0 bridgehead atoms. The number of methoxy groups -OCH3 is 1. The van der Waals surface area contributed by atoms with E-state index < -0.39 is 0 Å². The number of nitrogens with zero attached hydrogens (tertiary/aromatic N) is 1. The number of hydrogen-bond acceptors (Lipinski definition) is 4. The van der Waals surface area contributed by atoms with Crippen molar-refractivity contribution in [3.05, 3.63) is 41.3 Å². The molecule has 1 aromatic carbocycles. The lowest BCUT2D eigenvalue weighted by Crippen LogP contribution is -2.42. The number of piperidine rings is 1. The molecule has 1 aliphatic heterocycles. The molecule has 0 spiro atoms. The number of benzene rings is 1. The fourth-order valence-corrected chi connectivity index (χ4v) is 4.21. The average molecular weight is 358 g/mol. The third kappa shape index (κ3) is 3.69. The topological polar surface area (TPSA) is 58.6 Å². The van der Waals surface area contributed by atoms with Crippen LogP contribution in [-0.4, -0.2) is 44.0 Å². The lowest BCUT2D eigenvalue weighted by atomic mass is 9.96. The predicted molar refractivity (Wildman–Crippen MR) is 99.0 cm³/mol. The highest BCUT2D eigenvalue weighted by Gasteiger charge is 2.29. The van der Waals surface area contributed by atoms with Crippen LogP contribution >= 0.6 is 11.3 Å². The smallest absolute Gasteiger partial charge is 0.267 e. The van der Waals surface area contributed by atoms with Crippen LogP contribution in [0.1, 0.15) is 22.5 Å². The Balaban J connectivity index is 1.76. The quantitative estimate of drug-likeness (QED) is 0.914. The molecule has 2 aromatic rings. The molecule has 0 saturated carbocycles. The van der Waals surface area contributed by atoms with E-state index in [4.69, 9.17) is 4.74 Å². The van der Waals surface area contributed by atoms with Gasteiger partial charge in [0.2, 0.25) is 5.91 Å². The highest BCUT2D eigenvalue weighted by molar-refractivity contribution is 7.17. The number of rotatable bonds is 4. The molecule has 132 valence electrons. The summed E-state index contributed by atoms with van der Waals surface area (Å²) in [6.07, 6.45) is 1.40. The first-order chi connectivity index (χ1) is 12.1. The minimum atomic E-state index is -0.0145. The van der Waals surface area contributed by atoms with Crippen LogP contribution in [0.5, 0.6) is 5.75 Å². The van der Waals surface area contributed by atoms with Gasteiger partial charge in [-0.15, -0.1) is 11.3 Å². The normalized spacial score (nSPS) is 15.0. The number of amides is 2. The molecule has 1 aliphatic rings. The fourth-order valence-electron chi connectivity index (χ4n) is 3.11. The fraction of sp³-hybridized carbons (Fsp3) is 0.368. The predicted octanol–water partition coefficient (Wildman–Crippen LogP) is 3.02. The number of ether oxygens (including phenoxy) is 1. The first-order valence-corrected chi connectivity index (χ1v) is 9.19. The van der Waals surface area contributed by atoms with E-state index in [-0.39, 0.29) is 17.7 Å². The Morgan fingerprint density at radius 1 is 1.20 bits per heavy atom. The second-order valence-electron chi connectivity index (χ2n) is 6.05. The van der Waals surface area contributed by atoms with Gasteiger partial charge in [-0.05, 0) is 24.5 Å². The van der Waals surface area contributed by atoms with Gasteiger partial charge in [-0.2, -0.15) is 0 Å². The second kappa shape index (κ2) is 7.70. The van der Waals surface area contributed by atoms with E-state index in [1.165, 1.54) is 11.3 Å². The Bertz CT molecular complexity index is 749. The summed E-state index contributed by atoms with van der Waals surface area (Å²) in [6, 6.07) is 11.9. The minimum absolute atomic E-state index is 0.000777. The van der Waals surface area contributed by atoms with Crippen molar-refractivity contribution in [3.63, 3.8) is 0 Å². The third-order valence-corrected chi connectivity index (χ3v) is 5.72. The Kier molecular flexibility index (Phi) is 5.38. The number of likely N-dealkylation sites (tertiary alicyclic amines) is 1. The number of hydrogen-bond donors (Lipinski definition) is 1. The largest absolute Gasteiger partial charge is 0.495 e. The van der Waals surface area contributed by atoms with Crippen molar-refractivity contribution in [2.75, 3.05) is 27.2 Å². The monoisotopic (exact) mass is 358 g/mol. The average Bonchev–Trinajstić information content (AvgIpc) is 3.12. The van der Waals surface area contributed by atoms with Gasteiger partial charge in [-0.25, -0.2) is 0 Å². The maximum atomic E-state index is 12.9. The maximum Gasteiger partial charge on any atom is 0.267 e. The van der Waals surface area contributed by atoms with Gasteiger partial charge in [0.05, 0.1) is 7.11 Å². The minimum Gasteiger partial charge on any atom is -0.495 e. The van der Waals surface area contributed by atoms with Crippen molar-refractivity contribution in [1.29, 1.82) is 0 Å². The summed E-state index contributed by atoms with van der Waals surface area (Å²) in [5.41, 5.74) is 1.07. The van der Waals surface area contributed by atoms with Gasteiger partial charge in [-0.1, -0.05) is 30.3 Å². The lowest BCUT2D eigenvalue weighted by Gasteiger charge is -2.30. The molecule has 0 aliphatic carbocycles. The molecule has 1 fully saturated rings. The summed E-state index contributed by atoms with van der Waals surface area (Å²) in [7, 11) is 3.24. The standard InChI is InChI=1S/C19H22N2O3S/c1-20-18(22)14-8-10-21(11-9-14)19(23)17-15(24-2)12-16(25-17)13-6-4-3-5-7-13/h3-7,12,14H,8-11H2,1-2H3,(H,20,22). The van der Waals surface area contributed by atoms with E-state index in [0.717, 1.165) is 10.4 Å². The molecule has 2 amide bonds. The summed E-state index contributed by atoms with van der Waals surface area (Å²) in [4.78, 5) is 28.1. The van der Waals surface area contributed by atoms with Crippen LogP contribution in [0.25, 0.3) is 10.4 Å². The Morgan fingerprint density at radius 2 is 1.88 bits per heavy atom. The molecule has 2 heterocycles. The molecule has 0 radical (unpaired) electrons. The van der Waals surface area contributed by atoms with E-state index in [9.17, 15) is 9.59 Å². The molecule has 25 heavy (non-hydrogen) atoms. The van der Waals surface area contributed by atoms with Crippen molar-refractivity contribution in [3.8, 4) is 16.2 Å². The first-order valence-electron chi connectivity index (χ1n) is 8.38. The molecular formula is C19H22N2O3S. The lowest BCUT2D eigenvalue weighted by molar-refractivity contribution is -0.125. The summed E-state index contributed by atoms with van der Waals surface area (Å²) < 4.78 is 5.43. The van der Waals surface area contributed by atoms with Crippen LogP contribution < -0.4 is 10.1 Å². The Labute approximate surface area is 151 Å². The van der Waals surface area contributed by atoms with E-state index in [1.54, 1.807) is 14.2 Å². The molecule has 1 saturated heterocycles. The number of carbonyl (C=O) groups excluding carboxylic acids is 2. The third-order valence-electron chi connectivity index (χ3n) is 4.57. The SMILES string of the molecule is CNC(=O)C1CCN(C(=O)c2sc(-c3ccccc3)cc2OC)CC1. The summed E-state index contributed by atoms with van der Waals surface area (Å²) >= 11 is 1.46. The summed E-state index contributed by atoms with van der Waals surface area (Å²) in [5, 5.41) is 2.69. The highest BCUT2D eigenvalue weighted by atomic mass is 32.1. The highest BCUT2D eigenvalue weighted by Crippen LogP contribution is 2.37. The van der Waals surface area contributed by atoms with Crippen molar-refractivity contribution in [2.45, 2.75) is 12.8 Å². The number of carbonyl (C=O) groups is 2. The van der Waals surface area contributed by atoms with Gasteiger partial charge in [-0.3, -0.25) is 9.59 Å². The van der Waals surface area contributed by atoms with Gasteiger partial charge in [0.25, 0.3) is 5.91 Å². The van der Waals surface area contributed by atoms with Gasteiger partial charge in [0.1, 0.15) is 10.6 Å².